The SMILES string of the molecule is CCC(C)C(NC(=O)C(CCCCN)NC(=O)C(C)N)C(=O)NC(C)C(=O)O. The fourth-order valence-corrected chi connectivity index (χ4v) is 2.39. The largest absolute Gasteiger partial charge is 0.480 e. The number of nitrogens with one attached hydrogen (secondary N) is 3. The van der Waals surface area contributed by atoms with E-state index in [4.69, 9.17) is 16.6 Å². The molecule has 162 valence electrons. The first-order valence-electron chi connectivity index (χ1n) is 9.64. The van der Waals surface area contributed by atoms with E-state index in [9.17, 15) is 19.2 Å². The van der Waals surface area contributed by atoms with Crippen LogP contribution in [0.1, 0.15) is 53.4 Å². The van der Waals surface area contributed by atoms with Crippen molar-refractivity contribution >= 4 is 23.7 Å². The van der Waals surface area contributed by atoms with Crippen molar-refractivity contribution in [3.8, 4) is 0 Å². The summed E-state index contributed by atoms with van der Waals surface area (Å²) >= 11 is 0. The molecule has 0 fully saturated rings. The average Bonchev–Trinajstić information content (AvgIpc) is 2.63. The van der Waals surface area contributed by atoms with Crippen LogP contribution in [0.3, 0.4) is 0 Å². The van der Waals surface area contributed by atoms with E-state index in [0.29, 0.717) is 32.2 Å². The molecule has 5 unspecified atom stereocenters. The number of carboxylic acids is 1. The Morgan fingerprint density at radius 1 is 0.929 bits per heavy atom. The van der Waals surface area contributed by atoms with E-state index in [2.05, 4.69) is 16.0 Å². The van der Waals surface area contributed by atoms with Gasteiger partial charge in [0.1, 0.15) is 18.1 Å². The summed E-state index contributed by atoms with van der Waals surface area (Å²) in [5.74, 6) is -2.99. The summed E-state index contributed by atoms with van der Waals surface area (Å²) in [6.45, 7) is 6.94. The molecule has 0 bridgehead atoms. The Bertz CT molecular complexity index is 540. The third kappa shape index (κ3) is 9.14. The highest BCUT2D eigenvalue weighted by atomic mass is 16.4. The van der Waals surface area contributed by atoms with Gasteiger partial charge in [-0.3, -0.25) is 19.2 Å². The first-order chi connectivity index (χ1) is 13.0. The first-order valence-corrected chi connectivity index (χ1v) is 9.64. The third-order valence-electron chi connectivity index (χ3n) is 4.52. The first kappa shape index (κ1) is 25.8. The van der Waals surface area contributed by atoms with Crippen molar-refractivity contribution in [3.63, 3.8) is 0 Å². The summed E-state index contributed by atoms with van der Waals surface area (Å²) in [7, 11) is 0. The van der Waals surface area contributed by atoms with E-state index in [1.807, 2.05) is 6.92 Å². The van der Waals surface area contributed by atoms with Crippen LogP contribution in [-0.2, 0) is 19.2 Å². The number of carbonyl (C=O) groups excluding carboxylic acids is 3. The van der Waals surface area contributed by atoms with Crippen molar-refractivity contribution in [1.82, 2.24) is 16.0 Å². The highest BCUT2D eigenvalue weighted by molar-refractivity contribution is 5.94. The van der Waals surface area contributed by atoms with Gasteiger partial charge in [0.2, 0.25) is 17.7 Å². The van der Waals surface area contributed by atoms with Gasteiger partial charge in [-0.05, 0) is 45.6 Å². The van der Waals surface area contributed by atoms with Crippen LogP contribution in [0.2, 0.25) is 0 Å². The lowest BCUT2D eigenvalue weighted by Crippen LogP contribution is -2.58. The maximum absolute atomic E-state index is 12.8. The topological polar surface area (TPSA) is 177 Å². The molecular weight excluding hydrogens is 366 g/mol. The summed E-state index contributed by atoms with van der Waals surface area (Å²) in [6.07, 6.45) is 2.24. The maximum Gasteiger partial charge on any atom is 0.325 e. The zero-order valence-electron chi connectivity index (χ0n) is 17.2. The molecule has 0 saturated heterocycles. The zero-order valence-corrected chi connectivity index (χ0v) is 17.2. The van der Waals surface area contributed by atoms with Gasteiger partial charge in [-0.1, -0.05) is 20.3 Å². The third-order valence-corrected chi connectivity index (χ3v) is 4.52. The zero-order chi connectivity index (χ0) is 21.9. The van der Waals surface area contributed by atoms with E-state index in [1.165, 1.54) is 13.8 Å². The van der Waals surface area contributed by atoms with Gasteiger partial charge in [0.05, 0.1) is 6.04 Å². The Labute approximate surface area is 166 Å². The van der Waals surface area contributed by atoms with Gasteiger partial charge in [0.15, 0.2) is 0 Å². The van der Waals surface area contributed by atoms with Crippen LogP contribution < -0.4 is 27.4 Å². The molecule has 0 aliphatic rings. The molecular formula is C18H35N5O5. The van der Waals surface area contributed by atoms with Gasteiger partial charge in [-0.25, -0.2) is 0 Å². The van der Waals surface area contributed by atoms with E-state index in [0.717, 1.165) is 0 Å². The standard InChI is InChI=1S/C18H35N5O5/c1-5-10(2)14(17(26)21-12(4)18(27)28)23-16(25)13(8-6-7-9-19)22-15(24)11(3)20/h10-14H,5-9,19-20H2,1-4H3,(H,21,26)(H,22,24)(H,23,25)(H,27,28). The number of carbonyl (C=O) groups is 4. The minimum Gasteiger partial charge on any atom is -0.480 e. The molecule has 10 nitrogen and oxygen atoms in total. The van der Waals surface area contributed by atoms with Gasteiger partial charge in [0, 0.05) is 0 Å². The molecule has 0 spiro atoms. The molecule has 0 aromatic heterocycles. The van der Waals surface area contributed by atoms with Gasteiger partial charge in [0.25, 0.3) is 0 Å². The van der Waals surface area contributed by atoms with Crippen LogP contribution in [0, 0.1) is 5.92 Å². The van der Waals surface area contributed by atoms with Gasteiger partial charge in [-0.2, -0.15) is 0 Å². The van der Waals surface area contributed by atoms with Crippen LogP contribution in [-0.4, -0.2) is 59.5 Å². The second-order valence-corrected chi connectivity index (χ2v) is 7.07. The Morgan fingerprint density at radius 2 is 1.54 bits per heavy atom. The van der Waals surface area contributed by atoms with Crippen LogP contribution in [0.15, 0.2) is 0 Å². The predicted octanol–water partition coefficient (Wildman–Crippen LogP) is -0.932. The molecule has 3 amide bonds. The molecule has 10 heteroatoms. The molecule has 0 saturated carbocycles. The number of aliphatic carboxylic acids is 1. The summed E-state index contributed by atoms with van der Waals surface area (Å²) in [5.41, 5.74) is 11.0. The number of carboxylic acid groups (broad SMARTS) is 1. The molecule has 0 radical (unpaired) electrons. The summed E-state index contributed by atoms with van der Waals surface area (Å²) in [4.78, 5) is 48.2. The Balaban J connectivity index is 5.28. The normalized spacial score (nSPS) is 16.2. The summed E-state index contributed by atoms with van der Waals surface area (Å²) < 4.78 is 0. The number of rotatable bonds is 13. The molecule has 0 aromatic carbocycles. The average molecular weight is 402 g/mol. The van der Waals surface area contributed by atoms with E-state index < -0.39 is 47.9 Å². The minimum absolute atomic E-state index is 0.237. The quantitative estimate of drug-likeness (QED) is 0.216. The number of hydrogen-bond donors (Lipinski definition) is 6. The lowest BCUT2D eigenvalue weighted by atomic mass is 9.97. The van der Waals surface area contributed by atoms with E-state index in [1.54, 1.807) is 6.92 Å². The Morgan fingerprint density at radius 3 is 2.00 bits per heavy atom. The van der Waals surface area contributed by atoms with Crippen molar-refractivity contribution in [2.45, 2.75) is 77.5 Å². The molecule has 28 heavy (non-hydrogen) atoms. The monoisotopic (exact) mass is 401 g/mol. The lowest BCUT2D eigenvalue weighted by Gasteiger charge is -2.27. The molecule has 0 heterocycles. The van der Waals surface area contributed by atoms with Gasteiger partial charge >= 0.3 is 5.97 Å². The van der Waals surface area contributed by atoms with Crippen LogP contribution in [0.25, 0.3) is 0 Å². The van der Waals surface area contributed by atoms with Crippen LogP contribution >= 0.6 is 0 Å². The Kier molecular flexibility index (Phi) is 12.0. The van der Waals surface area contributed by atoms with Gasteiger partial charge in [-0.15, -0.1) is 0 Å². The fraction of sp³-hybridized carbons (Fsp3) is 0.778. The summed E-state index contributed by atoms with van der Waals surface area (Å²) in [5, 5.41) is 16.6. The van der Waals surface area contributed by atoms with Crippen molar-refractivity contribution in [2.24, 2.45) is 17.4 Å². The highest BCUT2D eigenvalue weighted by Crippen LogP contribution is 2.10. The number of unbranched alkanes of at least 4 members (excludes halogenated alkanes) is 1. The van der Waals surface area contributed by atoms with Crippen LogP contribution in [0.5, 0.6) is 0 Å². The van der Waals surface area contributed by atoms with Gasteiger partial charge < -0.3 is 32.5 Å². The van der Waals surface area contributed by atoms with Crippen molar-refractivity contribution in [3.05, 3.63) is 0 Å². The molecule has 8 N–H and O–H groups in total. The van der Waals surface area contributed by atoms with Crippen molar-refractivity contribution < 1.29 is 24.3 Å². The molecule has 5 atom stereocenters. The van der Waals surface area contributed by atoms with Crippen molar-refractivity contribution in [2.75, 3.05) is 6.54 Å². The second kappa shape index (κ2) is 13.1. The smallest absolute Gasteiger partial charge is 0.325 e. The molecule has 0 aliphatic carbocycles. The highest BCUT2D eigenvalue weighted by Gasteiger charge is 2.31. The Hall–Kier alpha value is -2.20. The number of nitrogens with two attached hydrogens (primary N) is 2. The maximum atomic E-state index is 12.8. The number of amides is 3. The predicted molar refractivity (Wildman–Crippen MR) is 105 cm³/mol. The fourth-order valence-electron chi connectivity index (χ4n) is 2.39. The molecule has 0 aromatic rings. The summed E-state index contributed by atoms with van der Waals surface area (Å²) in [6, 6.07) is -3.66. The molecule has 0 rings (SSSR count). The van der Waals surface area contributed by atoms with E-state index >= 15 is 0 Å². The second-order valence-electron chi connectivity index (χ2n) is 7.07. The molecule has 0 aliphatic heterocycles. The lowest BCUT2D eigenvalue weighted by molar-refractivity contribution is -0.142. The van der Waals surface area contributed by atoms with Crippen LogP contribution in [0.4, 0.5) is 0 Å². The van der Waals surface area contributed by atoms with Crippen molar-refractivity contribution in [1.29, 1.82) is 0 Å². The minimum atomic E-state index is -1.17. The van der Waals surface area contributed by atoms with E-state index in [-0.39, 0.29) is 5.92 Å². The number of hydrogen-bond acceptors (Lipinski definition) is 6.